The van der Waals surface area contributed by atoms with Crippen LogP contribution in [0.1, 0.15) is 52.0 Å². The van der Waals surface area contributed by atoms with E-state index in [1.807, 2.05) is 57.2 Å². The van der Waals surface area contributed by atoms with E-state index in [9.17, 15) is 19.2 Å². The quantitative estimate of drug-likeness (QED) is 0.279. The average Bonchev–Trinajstić information content (AvgIpc) is 2.96. The van der Waals surface area contributed by atoms with Gasteiger partial charge in [-0.05, 0) is 64.0 Å². The number of nitrogens with one attached hydrogen (secondary N) is 1. The summed E-state index contributed by atoms with van der Waals surface area (Å²) in [5, 5.41) is 2.78. The molecule has 41 heavy (non-hydrogen) atoms. The van der Waals surface area contributed by atoms with Gasteiger partial charge >= 0.3 is 12.1 Å². The Morgan fingerprint density at radius 1 is 1.07 bits per heavy atom. The molecule has 0 aliphatic carbocycles. The number of rotatable bonds is 9. The molecule has 2 atom stereocenters. The molecular formula is C32H43N3O6. The summed E-state index contributed by atoms with van der Waals surface area (Å²) in [6.45, 7) is 7.82. The summed E-state index contributed by atoms with van der Waals surface area (Å²) in [4.78, 5) is 53.8. The van der Waals surface area contributed by atoms with E-state index in [0.717, 1.165) is 18.4 Å². The van der Waals surface area contributed by atoms with E-state index in [-0.39, 0.29) is 42.9 Å². The predicted molar refractivity (Wildman–Crippen MR) is 155 cm³/mol. The third kappa shape index (κ3) is 10.6. The van der Waals surface area contributed by atoms with Crippen molar-refractivity contribution in [1.29, 1.82) is 0 Å². The molecule has 1 aromatic rings. The second-order valence-corrected chi connectivity index (χ2v) is 11.7. The third-order valence-corrected chi connectivity index (χ3v) is 7.25. The Labute approximate surface area is 243 Å². The number of amides is 3. The fraction of sp³-hybridized carbons (Fsp3) is 0.562. The molecule has 1 aromatic carbocycles. The molecule has 1 N–H and O–H groups in total. The number of nitrogens with zero attached hydrogens (tertiary/aromatic N) is 2. The Hall–Kier alpha value is -3.80. The predicted octanol–water partition coefficient (Wildman–Crippen LogP) is 3.58. The van der Waals surface area contributed by atoms with Gasteiger partial charge in [0.25, 0.3) is 0 Å². The molecule has 222 valence electrons. The molecule has 2 aliphatic heterocycles. The van der Waals surface area contributed by atoms with Crippen LogP contribution in [0.25, 0.3) is 0 Å². The average molecular weight is 566 g/mol. The number of carbonyl (C=O) groups excluding carboxylic acids is 4. The van der Waals surface area contributed by atoms with Crippen LogP contribution in [0.15, 0.2) is 42.5 Å². The maximum Gasteiger partial charge on any atom is 0.410 e. The summed E-state index contributed by atoms with van der Waals surface area (Å²) in [6, 6.07) is 9.68. The van der Waals surface area contributed by atoms with E-state index in [4.69, 9.17) is 15.9 Å². The van der Waals surface area contributed by atoms with Crippen LogP contribution in [0.3, 0.4) is 0 Å². The van der Waals surface area contributed by atoms with E-state index >= 15 is 0 Å². The standard InChI is InChI=1S/C32H43N3O6/c1-5-26(30(38)40-21-17-24-10-7-6-8-11-24)22-33-29(37)27-12-9-18-35(23-27)28(36)14-13-25-15-19-34(20-16-25)31(39)41-32(2,3)4/h1,6-8,10-11,13-14,25-27H,9,12,15-23H2,2-4H3,(H,33,37)/b14-13+/t26-,27+/m0/s1. The normalized spacial score (nSPS) is 18.8. The number of allylic oxidation sites excluding steroid dienone is 1. The summed E-state index contributed by atoms with van der Waals surface area (Å²) in [5.41, 5.74) is 0.529. The lowest BCUT2D eigenvalue weighted by Crippen LogP contribution is -2.46. The Balaban J connectivity index is 1.39. The van der Waals surface area contributed by atoms with Gasteiger partial charge in [-0.2, -0.15) is 0 Å². The first-order chi connectivity index (χ1) is 19.6. The van der Waals surface area contributed by atoms with Gasteiger partial charge in [0.1, 0.15) is 11.5 Å². The molecule has 2 heterocycles. The maximum absolute atomic E-state index is 12.9. The highest BCUT2D eigenvalue weighted by Gasteiger charge is 2.30. The summed E-state index contributed by atoms with van der Waals surface area (Å²) in [7, 11) is 0. The number of terminal acetylenes is 1. The molecule has 0 unspecified atom stereocenters. The fourth-order valence-electron chi connectivity index (χ4n) is 4.89. The first kappa shape index (κ1) is 31.7. The van der Waals surface area contributed by atoms with Gasteiger partial charge in [-0.25, -0.2) is 4.79 Å². The van der Waals surface area contributed by atoms with Crippen LogP contribution in [0.5, 0.6) is 0 Å². The van der Waals surface area contributed by atoms with Gasteiger partial charge in [0.2, 0.25) is 11.8 Å². The van der Waals surface area contributed by atoms with Crippen molar-refractivity contribution in [2.75, 3.05) is 39.3 Å². The molecule has 2 fully saturated rings. The maximum atomic E-state index is 12.9. The summed E-state index contributed by atoms with van der Waals surface area (Å²) in [5.74, 6) is 0.486. The minimum Gasteiger partial charge on any atom is -0.464 e. The largest absolute Gasteiger partial charge is 0.464 e. The van der Waals surface area contributed by atoms with Gasteiger partial charge < -0.3 is 24.6 Å². The molecule has 0 radical (unpaired) electrons. The smallest absolute Gasteiger partial charge is 0.410 e. The highest BCUT2D eigenvalue weighted by Crippen LogP contribution is 2.22. The van der Waals surface area contributed by atoms with Crippen LogP contribution < -0.4 is 5.32 Å². The lowest BCUT2D eigenvalue weighted by Gasteiger charge is -2.33. The number of carbonyl (C=O) groups is 4. The van der Waals surface area contributed by atoms with Gasteiger partial charge in [0, 0.05) is 39.1 Å². The number of likely N-dealkylation sites (tertiary alicyclic amines) is 2. The number of piperidine rings is 2. The molecule has 3 rings (SSSR count). The van der Waals surface area contributed by atoms with Crippen molar-refractivity contribution < 1.29 is 28.7 Å². The molecule has 0 aromatic heterocycles. The van der Waals surface area contributed by atoms with Crippen molar-refractivity contribution in [3.63, 3.8) is 0 Å². The summed E-state index contributed by atoms with van der Waals surface area (Å²) < 4.78 is 10.8. The SMILES string of the molecule is C#C[C@@H](CNC(=O)[C@@H]1CCCN(C(=O)/C=C/C2CCN(C(=O)OC(C)(C)C)CC2)C1)C(=O)OCCc1ccccc1. The highest BCUT2D eigenvalue weighted by molar-refractivity contribution is 5.88. The number of esters is 1. The molecule has 0 saturated carbocycles. The third-order valence-electron chi connectivity index (χ3n) is 7.25. The van der Waals surface area contributed by atoms with Crippen LogP contribution >= 0.6 is 0 Å². The first-order valence-corrected chi connectivity index (χ1v) is 14.4. The van der Waals surface area contributed by atoms with Gasteiger partial charge in [-0.1, -0.05) is 42.3 Å². The van der Waals surface area contributed by atoms with Crippen LogP contribution in [-0.2, 0) is 30.3 Å². The van der Waals surface area contributed by atoms with E-state index in [0.29, 0.717) is 45.4 Å². The fourth-order valence-corrected chi connectivity index (χ4v) is 4.89. The number of hydrogen-bond acceptors (Lipinski definition) is 6. The Morgan fingerprint density at radius 3 is 2.44 bits per heavy atom. The van der Waals surface area contributed by atoms with E-state index in [1.54, 1.807) is 15.9 Å². The first-order valence-electron chi connectivity index (χ1n) is 14.4. The van der Waals surface area contributed by atoms with Crippen LogP contribution in [0.4, 0.5) is 4.79 Å². The Bertz CT molecular complexity index is 1110. The summed E-state index contributed by atoms with van der Waals surface area (Å²) in [6.07, 6.45) is 12.2. The number of benzene rings is 1. The molecule has 2 aliphatic rings. The van der Waals surface area contributed by atoms with Gasteiger partial charge in [-0.3, -0.25) is 14.4 Å². The highest BCUT2D eigenvalue weighted by atomic mass is 16.6. The van der Waals surface area contributed by atoms with Crippen LogP contribution in [0.2, 0.25) is 0 Å². The molecule has 3 amide bonds. The van der Waals surface area contributed by atoms with E-state index < -0.39 is 17.5 Å². The summed E-state index contributed by atoms with van der Waals surface area (Å²) >= 11 is 0. The van der Waals surface area contributed by atoms with Crippen molar-refractivity contribution in [3.8, 4) is 12.3 Å². The molecule has 9 heteroatoms. The van der Waals surface area contributed by atoms with Crippen molar-refractivity contribution in [3.05, 3.63) is 48.0 Å². The molecule has 9 nitrogen and oxygen atoms in total. The minimum absolute atomic E-state index is 0.00809. The van der Waals surface area contributed by atoms with Crippen LogP contribution in [-0.4, -0.2) is 78.6 Å². The van der Waals surface area contributed by atoms with E-state index in [1.165, 1.54) is 0 Å². The minimum atomic E-state index is -0.874. The second-order valence-electron chi connectivity index (χ2n) is 11.7. The second kappa shape index (κ2) is 15.3. The monoisotopic (exact) mass is 565 g/mol. The van der Waals surface area contributed by atoms with Gasteiger partial charge in [-0.15, -0.1) is 6.42 Å². The van der Waals surface area contributed by atoms with E-state index in [2.05, 4.69) is 11.2 Å². The molecule has 0 spiro atoms. The lowest BCUT2D eigenvalue weighted by atomic mass is 9.95. The zero-order chi connectivity index (χ0) is 29.8. The topological polar surface area (TPSA) is 105 Å². The molecule has 0 bridgehead atoms. The Kier molecular flexibility index (Phi) is 11.8. The van der Waals surface area contributed by atoms with Crippen molar-refractivity contribution in [1.82, 2.24) is 15.1 Å². The van der Waals surface area contributed by atoms with Crippen molar-refractivity contribution in [2.45, 2.75) is 58.5 Å². The van der Waals surface area contributed by atoms with Crippen LogP contribution in [0, 0.1) is 30.1 Å². The Morgan fingerprint density at radius 2 is 1.78 bits per heavy atom. The molecule has 2 saturated heterocycles. The van der Waals surface area contributed by atoms with Crippen molar-refractivity contribution >= 4 is 23.9 Å². The zero-order valence-corrected chi connectivity index (χ0v) is 24.5. The number of hydrogen-bond donors (Lipinski definition) is 1. The molecular weight excluding hydrogens is 522 g/mol. The zero-order valence-electron chi connectivity index (χ0n) is 24.5. The van der Waals surface area contributed by atoms with Gasteiger partial charge in [0.05, 0.1) is 12.5 Å². The van der Waals surface area contributed by atoms with Crippen molar-refractivity contribution in [2.24, 2.45) is 17.8 Å². The van der Waals surface area contributed by atoms with Gasteiger partial charge in [0.15, 0.2) is 0 Å². The number of ether oxygens (including phenoxy) is 2. The lowest BCUT2D eigenvalue weighted by molar-refractivity contribution is -0.146.